The van der Waals surface area contributed by atoms with Crippen molar-refractivity contribution in [3.05, 3.63) is 30.1 Å². The number of carbonyl (C=O) groups excluding carboxylic acids is 1. The summed E-state index contributed by atoms with van der Waals surface area (Å²) < 4.78 is 5.25. The second-order valence-electron chi connectivity index (χ2n) is 8.16. The molecule has 0 saturated heterocycles. The Morgan fingerprint density at radius 2 is 1.41 bits per heavy atom. The SMILES string of the molecule is CC(C)CCCCCCCCCCCCCCC(=O)OCc1ccccn1. The van der Waals surface area contributed by atoms with Gasteiger partial charge in [0.05, 0.1) is 5.69 Å². The number of hydrogen-bond donors (Lipinski definition) is 0. The molecule has 0 aliphatic heterocycles. The molecule has 0 aliphatic carbocycles. The summed E-state index contributed by atoms with van der Waals surface area (Å²) in [6, 6.07) is 5.64. The maximum atomic E-state index is 11.7. The van der Waals surface area contributed by atoms with Crippen molar-refractivity contribution in [3.8, 4) is 0 Å². The predicted molar refractivity (Wildman–Crippen MR) is 114 cm³/mol. The van der Waals surface area contributed by atoms with Gasteiger partial charge in [0.15, 0.2) is 0 Å². The van der Waals surface area contributed by atoms with Crippen molar-refractivity contribution in [2.45, 2.75) is 110 Å². The Hall–Kier alpha value is -1.38. The number of carbonyl (C=O) groups is 1. The molecule has 0 saturated carbocycles. The fourth-order valence-corrected chi connectivity index (χ4v) is 3.30. The summed E-state index contributed by atoms with van der Waals surface area (Å²) in [4.78, 5) is 15.9. The molecule has 0 amide bonds. The highest BCUT2D eigenvalue weighted by Crippen LogP contribution is 2.14. The molecule has 3 heteroatoms. The number of aromatic nitrogens is 1. The van der Waals surface area contributed by atoms with E-state index in [4.69, 9.17) is 4.74 Å². The van der Waals surface area contributed by atoms with Crippen LogP contribution >= 0.6 is 0 Å². The number of nitrogens with zero attached hydrogens (tertiary/aromatic N) is 1. The van der Waals surface area contributed by atoms with Crippen molar-refractivity contribution in [1.29, 1.82) is 0 Å². The number of esters is 1. The average molecular weight is 376 g/mol. The van der Waals surface area contributed by atoms with Crippen LogP contribution in [-0.4, -0.2) is 11.0 Å². The summed E-state index contributed by atoms with van der Waals surface area (Å²) in [6.45, 7) is 4.92. The molecule has 0 unspecified atom stereocenters. The van der Waals surface area contributed by atoms with Gasteiger partial charge in [0.1, 0.15) is 6.61 Å². The summed E-state index contributed by atoms with van der Waals surface area (Å²) in [6.07, 6.45) is 19.4. The topological polar surface area (TPSA) is 39.2 Å². The molecule has 0 bridgehead atoms. The normalized spacial score (nSPS) is 11.1. The van der Waals surface area contributed by atoms with Gasteiger partial charge in [-0.3, -0.25) is 9.78 Å². The molecule has 1 rings (SSSR count). The standard InChI is InChI=1S/C24H41NO2/c1-22(2)17-13-11-9-7-5-3-4-6-8-10-12-14-19-24(26)27-21-23-18-15-16-20-25-23/h15-16,18,20,22H,3-14,17,19,21H2,1-2H3. The predicted octanol–water partition coefficient (Wildman–Crippen LogP) is 7.24. The highest BCUT2D eigenvalue weighted by atomic mass is 16.5. The fourth-order valence-electron chi connectivity index (χ4n) is 3.30. The van der Waals surface area contributed by atoms with Gasteiger partial charge in [-0.05, 0) is 24.5 Å². The highest BCUT2D eigenvalue weighted by Gasteiger charge is 2.03. The van der Waals surface area contributed by atoms with Crippen LogP contribution in [-0.2, 0) is 16.1 Å². The number of ether oxygens (including phenoxy) is 1. The second kappa shape index (κ2) is 16.8. The van der Waals surface area contributed by atoms with E-state index < -0.39 is 0 Å². The molecule has 1 heterocycles. The Kier molecular flexibility index (Phi) is 14.7. The van der Waals surface area contributed by atoms with Crippen LogP contribution in [0.1, 0.15) is 109 Å². The van der Waals surface area contributed by atoms with Crippen LogP contribution in [0.2, 0.25) is 0 Å². The minimum absolute atomic E-state index is 0.103. The van der Waals surface area contributed by atoms with Crippen molar-refractivity contribution >= 4 is 5.97 Å². The molecular formula is C24H41NO2. The Morgan fingerprint density at radius 1 is 0.852 bits per heavy atom. The Bertz CT molecular complexity index is 459. The summed E-state index contributed by atoms with van der Waals surface area (Å²) in [5.74, 6) is 0.760. The zero-order chi connectivity index (χ0) is 19.6. The maximum Gasteiger partial charge on any atom is 0.306 e. The Labute approximate surface area is 167 Å². The molecule has 1 aromatic rings. The zero-order valence-electron chi connectivity index (χ0n) is 17.8. The van der Waals surface area contributed by atoms with E-state index in [1.807, 2.05) is 18.2 Å². The molecule has 1 aromatic heterocycles. The first-order valence-corrected chi connectivity index (χ1v) is 11.2. The van der Waals surface area contributed by atoms with Crippen molar-refractivity contribution < 1.29 is 9.53 Å². The summed E-state index contributed by atoms with van der Waals surface area (Å²) in [5, 5.41) is 0. The molecular weight excluding hydrogens is 334 g/mol. The van der Waals surface area contributed by atoms with E-state index in [-0.39, 0.29) is 12.6 Å². The molecule has 0 N–H and O–H groups in total. The van der Waals surface area contributed by atoms with Gasteiger partial charge < -0.3 is 4.74 Å². The minimum atomic E-state index is -0.103. The van der Waals surface area contributed by atoms with E-state index in [0.29, 0.717) is 6.42 Å². The first-order chi connectivity index (χ1) is 13.2. The number of rotatable bonds is 17. The lowest BCUT2D eigenvalue weighted by Crippen LogP contribution is -2.05. The molecule has 0 aliphatic rings. The van der Waals surface area contributed by atoms with Gasteiger partial charge in [-0.1, -0.05) is 97.0 Å². The van der Waals surface area contributed by atoms with E-state index in [9.17, 15) is 4.79 Å². The average Bonchev–Trinajstić information content (AvgIpc) is 2.67. The van der Waals surface area contributed by atoms with Gasteiger partial charge in [0.25, 0.3) is 0 Å². The first kappa shape index (κ1) is 23.7. The molecule has 154 valence electrons. The van der Waals surface area contributed by atoms with E-state index in [1.54, 1.807) is 6.20 Å². The smallest absolute Gasteiger partial charge is 0.306 e. The summed E-state index contributed by atoms with van der Waals surface area (Å²) in [7, 11) is 0. The molecule has 0 radical (unpaired) electrons. The minimum Gasteiger partial charge on any atom is -0.459 e. The van der Waals surface area contributed by atoms with Gasteiger partial charge >= 0.3 is 5.97 Å². The van der Waals surface area contributed by atoms with E-state index in [0.717, 1.165) is 24.5 Å². The van der Waals surface area contributed by atoms with Crippen molar-refractivity contribution in [2.24, 2.45) is 5.92 Å². The third-order valence-corrected chi connectivity index (χ3v) is 5.02. The maximum absolute atomic E-state index is 11.7. The lowest BCUT2D eigenvalue weighted by atomic mass is 10.0. The van der Waals surface area contributed by atoms with Crippen LogP contribution < -0.4 is 0 Å². The molecule has 0 spiro atoms. The van der Waals surface area contributed by atoms with Crippen LogP contribution in [0.3, 0.4) is 0 Å². The fraction of sp³-hybridized carbons (Fsp3) is 0.750. The second-order valence-corrected chi connectivity index (χ2v) is 8.16. The first-order valence-electron chi connectivity index (χ1n) is 11.2. The number of pyridine rings is 1. The van der Waals surface area contributed by atoms with Crippen LogP contribution in [0.4, 0.5) is 0 Å². The van der Waals surface area contributed by atoms with Crippen molar-refractivity contribution in [3.63, 3.8) is 0 Å². The molecule has 0 atom stereocenters. The molecule has 3 nitrogen and oxygen atoms in total. The largest absolute Gasteiger partial charge is 0.459 e. The molecule has 0 fully saturated rings. The number of hydrogen-bond acceptors (Lipinski definition) is 3. The van der Waals surface area contributed by atoms with Gasteiger partial charge in [0, 0.05) is 12.6 Å². The quantitative estimate of drug-likeness (QED) is 0.213. The van der Waals surface area contributed by atoms with Crippen LogP contribution in [0, 0.1) is 5.92 Å². The lowest BCUT2D eigenvalue weighted by molar-refractivity contribution is -0.145. The Morgan fingerprint density at radius 3 is 1.93 bits per heavy atom. The van der Waals surface area contributed by atoms with E-state index in [1.165, 1.54) is 70.6 Å². The van der Waals surface area contributed by atoms with Gasteiger partial charge in [0.2, 0.25) is 0 Å². The van der Waals surface area contributed by atoms with Crippen LogP contribution in [0.15, 0.2) is 24.4 Å². The zero-order valence-corrected chi connectivity index (χ0v) is 17.8. The molecule has 27 heavy (non-hydrogen) atoms. The van der Waals surface area contributed by atoms with Gasteiger partial charge in [-0.15, -0.1) is 0 Å². The van der Waals surface area contributed by atoms with Gasteiger partial charge in [-0.25, -0.2) is 0 Å². The van der Waals surface area contributed by atoms with Crippen molar-refractivity contribution in [1.82, 2.24) is 4.98 Å². The third kappa shape index (κ3) is 15.4. The number of unbranched alkanes of at least 4 members (excludes halogenated alkanes) is 11. The highest BCUT2D eigenvalue weighted by molar-refractivity contribution is 5.69. The van der Waals surface area contributed by atoms with Crippen LogP contribution in [0.25, 0.3) is 0 Å². The Balaban J connectivity index is 1.78. The summed E-state index contributed by atoms with van der Waals surface area (Å²) in [5.41, 5.74) is 0.807. The summed E-state index contributed by atoms with van der Waals surface area (Å²) >= 11 is 0. The molecule has 0 aromatic carbocycles. The lowest BCUT2D eigenvalue weighted by Gasteiger charge is -2.05. The van der Waals surface area contributed by atoms with Crippen molar-refractivity contribution in [2.75, 3.05) is 0 Å². The monoisotopic (exact) mass is 375 g/mol. The third-order valence-electron chi connectivity index (χ3n) is 5.02. The van der Waals surface area contributed by atoms with E-state index in [2.05, 4.69) is 18.8 Å². The van der Waals surface area contributed by atoms with E-state index >= 15 is 0 Å². The van der Waals surface area contributed by atoms with Crippen LogP contribution in [0.5, 0.6) is 0 Å². The van der Waals surface area contributed by atoms with Gasteiger partial charge in [-0.2, -0.15) is 0 Å².